The predicted molar refractivity (Wildman–Crippen MR) is 97.0 cm³/mol. The molecule has 2 aromatic carbocycles. The van der Waals surface area contributed by atoms with E-state index in [4.69, 9.17) is 10.5 Å². The topological polar surface area (TPSA) is 72.6 Å². The van der Waals surface area contributed by atoms with Crippen LogP contribution in [0.15, 0.2) is 54.6 Å². The number of amides is 2. The van der Waals surface area contributed by atoms with Gasteiger partial charge < -0.3 is 15.4 Å². The summed E-state index contributed by atoms with van der Waals surface area (Å²) in [4.78, 5) is 25.1. The second-order valence-corrected chi connectivity index (χ2v) is 6.08. The Bertz CT molecular complexity index is 716. The fraction of sp³-hybridized carbons (Fsp3) is 0.300. The summed E-state index contributed by atoms with van der Waals surface area (Å²) >= 11 is 0. The molecule has 0 saturated heterocycles. The molecular formula is C20H24N2O3. The van der Waals surface area contributed by atoms with Gasteiger partial charge in [0.2, 0.25) is 11.8 Å². The van der Waals surface area contributed by atoms with Gasteiger partial charge in [0.25, 0.3) is 0 Å². The highest BCUT2D eigenvalue weighted by Crippen LogP contribution is 2.21. The fourth-order valence-electron chi connectivity index (χ4n) is 2.49. The summed E-state index contributed by atoms with van der Waals surface area (Å²) in [7, 11) is 1.68. The van der Waals surface area contributed by atoms with Gasteiger partial charge in [0.15, 0.2) is 0 Å². The Morgan fingerprint density at radius 1 is 1.08 bits per heavy atom. The molecule has 0 fully saturated rings. The van der Waals surface area contributed by atoms with Crippen LogP contribution >= 0.6 is 0 Å². The van der Waals surface area contributed by atoms with Gasteiger partial charge in [0.1, 0.15) is 12.4 Å². The van der Waals surface area contributed by atoms with Gasteiger partial charge in [0, 0.05) is 25.1 Å². The van der Waals surface area contributed by atoms with Crippen molar-refractivity contribution in [2.75, 3.05) is 7.05 Å². The van der Waals surface area contributed by atoms with E-state index in [2.05, 4.69) is 0 Å². The number of benzene rings is 2. The molecule has 2 rings (SSSR count). The van der Waals surface area contributed by atoms with Crippen LogP contribution in [0.2, 0.25) is 0 Å². The minimum absolute atomic E-state index is 0.0792. The van der Waals surface area contributed by atoms with Gasteiger partial charge in [-0.2, -0.15) is 0 Å². The lowest BCUT2D eigenvalue weighted by Crippen LogP contribution is -2.38. The quantitative estimate of drug-likeness (QED) is 0.802. The zero-order valence-electron chi connectivity index (χ0n) is 14.6. The van der Waals surface area contributed by atoms with E-state index in [-0.39, 0.29) is 24.8 Å². The molecule has 0 saturated carbocycles. The first-order valence-electron chi connectivity index (χ1n) is 8.26. The lowest BCUT2D eigenvalue weighted by Gasteiger charge is -2.24. The summed E-state index contributed by atoms with van der Waals surface area (Å²) in [5.41, 5.74) is 7.09. The molecule has 5 heteroatoms. The molecule has 0 heterocycles. The number of rotatable bonds is 8. The van der Waals surface area contributed by atoms with Gasteiger partial charge in [-0.05, 0) is 18.6 Å². The van der Waals surface area contributed by atoms with Crippen LogP contribution in [0, 0.1) is 0 Å². The Morgan fingerprint density at radius 2 is 1.72 bits per heavy atom. The molecule has 0 aliphatic heterocycles. The predicted octanol–water partition coefficient (Wildman–Crippen LogP) is 2.53. The Hall–Kier alpha value is -2.82. The van der Waals surface area contributed by atoms with E-state index in [1.165, 1.54) is 0 Å². The minimum atomic E-state index is -0.418. The van der Waals surface area contributed by atoms with Crippen molar-refractivity contribution in [2.45, 2.75) is 32.4 Å². The largest absolute Gasteiger partial charge is 0.489 e. The smallest absolute Gasteiger partial charge is 0.227 e. The molecule has 2 N–H and O–H groups in total. The first-order chi connectivity index (χ1) is 12.0. The number of carbonyl (C=O) groups excluding carboxylic acids is 2. The van der Waals surface area contributed by atoms with Gasteiger partial charge in [-0.15, -0.1) is 0 Å². The molecular weight excluding hydrogens is 316 g/mol. The van der Waals surface area contributed by atoms with E-state index in [1.54, 1.807) is 18.9 Å². The zero-order chi connectivity index (χ0) is 18.2. The Balaban J connectivity index is 2.02. The Morgan fingerprint density at radius 3 is 2.40 bits per heavy atom. The van der Waals surface area contributed by atoms with Crippen molar-refractivity contribution in [3.05, 3.63) is 65.7 Å². The summed E-state index contributed by atoms with van der Waals surface area (Å²) in [6.45, 7) is 2.25. The number of ether oxygens (including phenoxy) is 1. The fourth-order valence-corrected chi connectivity index (χ4v) is 2.49. The third-order valence-electron chi connectivity index (χ3n) is 4.10. The van der Waals surface area contributed by atoms with Gasteiger partial charge >= 0.3 is 0 Å². The van der Waals surface area contributed by atoms with Crippen LogP contribution in [0.25, 0.3) is 0 Å². The first-order valence-corrected chi connectivity index (χ1v) is 8.26. The molecule has 0 bridgehead atoms. The van der Waals surface area contributed by atoms with Crippen LogP contribution in [0.3, 0.4) is 0 Å². The number of nitrogens with zero attached hydrogens (tertiary/aromatic N) is 1. The number of hydrogen-bond acceptors (Lipinski definition) is 3. The second kappa shape index (κ2) is 8.87. The molecule has 1 atom stereocenters. The lowest BCUT2D eigenvalue weighted by molar-refractivity contribution is -0.131. The molecule has 132 valence electrons. The van der Waals surface area contributed by atoms with E-state index in [0.717, 1.165) is 11.1 Å². The van der Waals surface area contributed by atoms with E-state index in [0.29, 0.717) is 12.4 Å². The summed E-state index contributed by atoms with van der Waals surface area (Å²) in [5.74, 6) is 0.193. The highest BCUT2D eigenvalue weighted by Gasteiger charge is 2.19. The molecule has 25 heavy (non-hydrogen) atoms. The maximum absolute atomic E-state index is 12.5. The lowest BCUT2D eigenvalue weighted by atomic mass is 10.1. The number of carbonyl (C=O) groups is 2. The highest BCUT2D eigenvalue weighted by atomic mass is 16.5. The van der Waals surface area contributed by atoms with Gasteiger partial charge in [-0.1, -0.05) is 48.5 Å². The Kier molecular flexibility index (Phi) is 6.57. The maximum atomic E-state index is 12.5. The van der Waals surface area contributed by atoms with Gasteiger partial charge in [0.05, 0.1) is 6.42 Å². The van der Waals surface area contributed by atoms with Crippen molar-refractivity contribution in [1.82, 2.24) is 4.90 Å². The molecule has 1 unspecified atom stereocenters. The molecule has 0 aliphatic rings. The van der Waals surface area contributed by atoms with Crippen LogP contribution in [-0.4, -0.2) is 29.8 Å². The van der Waals surface area contributed by atoms with Crippen LogP contribution in [0.1, 0.15) is 24.5 Å². The molecule has 0 aliphatic carbocycles. The summed E-state index contributed by atoms with van der Waals surface area (Å²) < 4.78 is 5.88. The van der Waals surface area contributed by atoms with Gasteiger partial charge in [-0.25, -0.2) is 0 Å². The summed E-state index contributed by atoms with van der Waals surface area (Å²) in [5, 5.41) is 0. The summed E-state index contributed by atoms with van der Waals surface area (Å²) in [6, 6.07) is 17.1. The van der Waals surface area contributed by atoms with Crippen molar-refractivity contribution < 1.29 is 14.3 Å². The van der Waals surface area contributed by atoms with Crippen molar-refractivity contribution in [3.8, 4) is 5.75 Å². The number of nitrogens with two attached hydrogens (primary N) is 1. The SMILES string of the molecule is CC(CC(N)=O)N(C)C(=O)Cc1ccccc1OCc1ccccc1. The van der Waals surface area contributed by atoms with Crippen LogP contribution in [0.4, 0.5) is 0 Å². The van der Waals surface area contributed by atoms with Crippen molar-refractivity contribution in [3.63, 3.8) is 0 Å². The first kappa shape index (κ1) is 18.5. The maximum Gasteiger partial charge on any atom is 0.227 e. The van der Waals surface area contributed by atoms with Crippen molar-refractivity contribution in [2.24, 2.45) is 5.73 Å². The van der Waals surface area contributed by atoms with E-state index in [9.17, 15) is 9.59 Å². The van der Waals surface area contributed by atoms with E-state index >= 15 is 0 Å². The average molecular weight is 340 g/mol. The molecule has 0 radical (unpaired) electrons. The molecule has 0 spiro atoms. The molecule has 0 aromatic heterocycles. The highest BCUT2D eigenvalue weighted by molar-refractivity contribution is 5.81. The molecule has 5 nitrogen and oxygen atoms in total. The van der Waals surface area contributed by atoms with Crippen molar-refractivity contribution in [1.29, 1.82) is 0 Å². The van der Waals surface area contributed by atoms with Crippen LogP contribution in [-0.2, 0) is 22.6 Å². The van der Waals surface area contributed by atoms with Gasteiger partial charge in [-0.3, -0.25) is 9.59 Å². The monoisotopic (exact) mass is 340 g/mol. The van der Waals surface area contributed by atoms with E-state index < -0.39 is 5.91 Å². The Labute approximate surface area is 148 Å². The number of likely N-dealkylation sites (N-methyl/N-ethyl adjacent to an activating group) is 1. The van der Waals surface area contributed by atoms with Crippen LogP contribution in [0.5, 0.6) is 5.75 Å². The van der Waals surface area contributed by atoms with Crippen LogP contribution < -0.4 is 10.5 Å². The standard InChI is InChI=1S/C20H24N2O3/c1-15(12-19(21)23)22(2)20(24)13-17-10-6-7-11-18(17)25-14-16-8-4-3-5-9-16/h3-11,15H,12-14H2,1-2H3,(H2,21,23). The number of para-hydroxylation sites is 1. The normalized spacial score (nSPS) is 11.6. The third-order valence-corrected chi connectivity index (χ3v) is 4.10. The average Bonchev–Trinajstić information content (AvgIpc) is 2.60. The third kappa shape index (κ3) is 5.64. The van der Waals surface area contributed by atoms with Crippen molar-refractivity contribution >= 4 is 11.8 Å². The second-order valence-electron chi connectivity index (χ2n) is 6.08. The molecule has 2 amide bonds. The zero-order valence-corrected chi connectivity index (χ0v) is 14.6. The number of primary amides is 1. The number of hydrogen-bond donors (Lipinski definition) is 1. The minimum Gasteiger partial charge on any atom is -0.489 e. The summed E-state index contributed by atoms with van der Waals surface area (Å²) in [6.07, 6.45) is 0.360. The molecule has 2 aromatic rings. The van der Waals surface area contributed by atoms with E-state index in [1.807, 2.05) is 54.6 Å².